The molecule has 0 aliphatic heterocycles. The summed E-state index contributed by atoms with van der Waals surface area (Å²) >= 11 is 0. The smallest absolute Gasteiger partial charge is 0.179 e. The monoisotopic (exact) mass is 831 g/mol. The van der Waals surface area contributed by atoms with Crippen molar-refractivity contribution in [1.82, 2.24) is 13.7 Å². The number of para-hydroxylation sites is 6. The Morgan fingerprint density at radius 2 is 0.609 bits per heavy atom. The van der Waals surface area contributed by atoms with Gasteiger partial charge in [-0.15, -0.1) is 0 Å². The van der Waals surface area contributed by atoms with Gasteiger partial charge in [-0.3, -0.25) is 0 Å². The predicted molar refractivity (Wildman–Crippen MR) is 273 cm³/mol. The number of hydrogen-bond donors (Lipinski definition) is 0. The summed E-state index contributed by atoms with van der Waals surface area (Å²) < 4.78 is 7.59. The third-order valence-corrected chi connectivity index (χ3v) is 18.3. The van der Waals surface area contributed by atoms with Crippen LogP contribution in [0.5, 0.6) is 0 Å². The molecular formula is C60H41N3Si. The minimum Gasteiger partial charge on any atom is -0.307 e. The fourth-order valence-corrected chi connectivity index (χ4v) is 15.8. The molecule has 300 valence electrons. The number of benzene rings is 10. The lowest BCUT2D eigenvalue weighted by Gasteiger charge is -2.35. The largest absolute Gasteiger partial charge is 0.307 e. The normalized spacial score (nSPS) is 12.1. The zero-order valence-corrected chi connectivity index (χ0v) is 36.0. The fourth-order valence-electron chi connectivity index (χ4n) is 11.0. The molecule has 0 aliphatic rings. The molecule has 0 N–H and O–H groups in total. The topological polar surface area (TPSA) is 14.8 Å². The first kappa shape index (κ1) is 36.5. The standard InChI is InChI=1S/C60H41N3Si/c1-5-22-42(23-6-1)61-53-35-17-15-32-49(53)51-34-21-39-57(59(51)61)63-56-38-20-16-33-50(56)52-40-46(41-58(60(52)63)62-54-36-18-13-30-47(54)48-31-14-19-37-55(48)62)64(43-24-7-2-8-25-43,44-26-9-3-10-27-44)45-28-11-4-12-29-45/h1-41H. The number of hydrogen-bond acceptors (Lipinski definition) is 0. The van der Waals surface area contributed by atoms with E-state index in [1.807, 2.05) is 0 Å². The van der Waals surface area contributed by atoms with Crippen LogP contribution in [0.4, 0.5) is 0 Å². The Hall–Kier alpha value is -8.18. The van der Waals surface area contributed by atoms with E-state index in [9.17, 15) is 0 Å². The molecule has 0 fully saturated rings. The molecule has 0 spiro atoms. The Bertz CT molecular complexity index is 3730. The summed E-state index contributed by atoms with van der Waals surface area (Å²) in [5, 5.41) is 12.8. The second kappa shape index (κ2) is 14.5. The number of rotatable bonds is 7. The van der Waals surface area contributed by atoms with E-state index in [0.29, 0.717) is 0 Å². The Kier molecular flexibility index (Phi) is 8.23. The molecule has 3 aromatic heterocycles. The molecule has 0 saturated heterocycles. The number of aromatic nitrogens is 3. The van der Waals surface area contributed by atoms with Crippen LogP contribution in [0, 0.1) is 0 Å². The predicted octanol–water partition coefficient (Wildman–Crippen LogP) is 12.4. The van der Waals surface area contributed by atoms with Crippen LogP contribution in [0.15, 0.2) is 249 Å². The Labute approximate surface area is 372 Å². The van der Waals surface area contributed by atoms with Crippen molar-refractivity contribution in [1.29, 1.82) is 0 Å². The molecule has 0 radical (unpaired) electrons. The number of fused-ring (bicyclic) bond motifs is 9. The summed E-state index contributed by atoms with van der Waals surface area (Å²) in [5.74, 6) is 0. The van der Waals surface area contributed by atoms with Crippen molar-refractivity contribution >= 4 is 94.2 Å². The molecule has 0 saturated carbocycles. The van der Waals surface area contributed by atoms with Crippen molar-refractivity contribution in [2.45, 2.75) is 0 Å². The summed E-state index contributed by atoms with van der Waals surface area (Å²) in [5.41, 5.74) is 10.5. The van der Waals surface area contributed by atoms with Crippen LogP contribution in [0.3, 0.4) is 0 Å². The summed E-state index contributed by atoms with van der Waals surface area (Å²) in [7, 11) is -3.00. The first-order valence-corrected chi connectivity index (χ1v) is 24.1. The van der Waals surface area contributed by atoms with E-state index in [2.05, 4.69) is 262 Å². The maximum absolute atomic E-state index is 3.00. The molecule has 13 rings (SSSR count). The second-order valence-electron chi connectivity index (χ2n) is 16.8. The van der Waals surface area contributed by atoms with Crippen molar-refractivity contribution in [3.05, 3.63) is 249 Å². The highest BCUT2D eigenvalue weighted by Gasteiger charge is 2.42. The lowest BCUT2D eigenvalue weighted by Crippen LogP contribution is -2.74. The molecule has 0 unspecified atom stereocenters. The molecule has 10 aromatic carbocycles. The van der Waals surface area contributed by atoms with Crippen molar-refractivity contribution in [3.63, 3.8) is 0 Å². The molecule has 0 aliphatic carbocycles. The third-order valence-electron chi connectivity index (χ3n) is 13.6. The lowest BCUT2D eigenvalue weighted by molar-refractivity contribution is 1.11. The highest BCUT2D eigenvalue weighted by Crippen LogP contribution is 2.43. The highest BCUT2D eigenvalue weighted by atomic mass is 28.3. The average Bonchev–Trinajstić information content (AvgIpc) is 4.02. The van der Waals surface area contributed by atoms with Gasteiger partial charge in [-0.25, -0.2) is 0 Å². The van der Waals surface area contributed by atoms with Crippen molar-refractivity contribution in [2.75, 3.05) is 0 Å². The lowest BCUT2D eigenvalue weighted by atomic mass is 10.1. The third kappa shape index (κ3) is 5.21. The second-order valence-corrected chi connectivity index (χ2v) is 20.6. The van der Waals surface area contributed by atoms with Gasteiger partial charge in [-0.2, -0.15) is 0 Å². The quantitative estimate of drug-likeness (QED) is 0.112. The van der Waals surface area contributed by atoms with Crippen LogP contribution in [-0.4, -0.2) is 21.8 Å². The van der Waals surface area contributed by atoms with Gasteiger partial charge >= 0.3 is 0 Å². The first-order chi connectivity index (χ1) is 31.8. The molecule has 3 heterocycles. The van der Waals surface area contributed by atoms with E-state index in [4.69, 9.17) is 0 Å². The Balaban J connectivity index is 1.27. The van der Waals surface area contributed by atoms with Gasteiger partial charge in [0, 0.05) is 38.0 Å². The van der Waals surface area contributed by atoms with Gasteiger partial charge in [0.25, 0.3) is 0 Å². The van der Waals surface area contributed by atoms with Crippen LogP contribution in [-0.2, 0) is 0 Å². The van der Waals surface area contributed by atoms with Crippen LogP contribution < -0.4 is 20.7 Å². The van der Waals surface area contributed by atoms with E-state index in [0.717, 1.165) is 17.1 Å². The Morgan fingerprint density at radius 3 is 1.12 bits per heavy atom. The summed E-state index contributed by atoms with van der Waals surface area (Å²) in [6, 6.07) is 92.5. The molecule has 3 nitrogen and oxygen atoms in total. The van der Waals surface area contributed by atoms with Gasteiger partial charge in [-0.05, 0) is 69.3 Å². The summed E-state index contributed by atoms with van der Waals surface area (Å²) in [6.07, 6.45) is 0. The van der Waals surface area contributed by atoms with Crippen LogP contribution in [0.1, 0.15) is 0 Å². The molecule has 0 amide bonds. The van der Waals surface area contributed by atoms with Gasteiger partial charge in [0.2, 0.25) is 0 Å². The van der Waals surface area contributed by atoms with E-state index < -0.39 is 8.07 Å². The van der Waals surface area contributed by atoms with Crippen LogP contribution in [0.25, 0.3) is 82.5 Å². The van der Waals surface area contributed by atoms with E-state index >= 15 is 0 Å². The molecular weight excluding hydrogens is 791 g/mol. The average molecular weight is 832 g/mol. The molecule has 64 heavy (non-hydrogen) atoms. The maximum atomic E-state index is 2.57. The van der Waals surface area contributed by atoms with Crippen molar-refractivity contribution in [3.8, 4) is 17.1 Å². The van der Waals surface area contributed by atoms with Gasteiger partial charge in [0.15, 0.2) is 8.07 Å². The zero-order valence-electron chi connectivity index (χ0n) is 35.0. The van der Waals surface area contributed by atoms with E-state index in [1.165, 1.54) is 86.2 Å². The highest BCUT2D eigenvalue weighted by molar-refractivity contribution is 7.20. The van der Waals surface area contributed by atoms with Gasteiger partial charge in [-0.1, -0.05) is 200 Å². The zero-order chi connectivity index (χ0) is 42.2. The number of nitrogens with zero attached hydrogens (tertiary/aromatic N) is 3. The van der Waals surface area contributed by atoms with Gasteiger partial charge in [0.1, 0.15) is 0 Å². The van der Waals surface area contributed by atoms with Crippen molar-refractivity contribution < 1.29 is 0 Å². The Morgan fingerprint density at radius 1 is 0.234 bits per heavy atom. The molecule has 0 bridgehead atoms. The summed E-state index contributed by atoms with van der Waals surface area (Å²) in [6.45, 7) is 0. The molecule has 4 heteroatoms. The van der Waals surface area contributed by atoms with Crippen LogP contribution >= 0.6 is 0 Å². The fraction of sp³-hybridized carbons (Fsp3) is 0. The van der Waals surface area contributed by atoms with E-state index in [-0.39, 0.29) is 0 Å². The van der Waals surface area contributed by atoms with Crippen molar-refractivity contribution in [2.24, 2.45) is 0 Å². The maximum Gasteiger partial charge on any atom is 0.179 e. The van der Waals surface area contributed by atoms with Gasteiger partial charge in [0.05, 0.1) is 44.5 Å². The van der Waals surface area contributed by atoms with E-state index in [1.54, 1.807) is 0 Å². The van der Waals surface area contributed by atoms with Gasteiger partial charge < -0.3 is 13.7 Å². The van der Waals surface area contributed by atoms with Crippen LogP contribution in [0.2, 0.25) is 0 Å². The first-order valence-electron chi connectivity index (χ1n) is 22.1. The minimum atomic E-state index is -3.00. The molecule has 0 atom stereocenters. The minimum absolute atomic E-state index is 1.14. The SMILES string of the molecule is c1ccc(-n2c3ccccc3c3cccc(-n4c5ccccc5c5cc([Si](c6ccccc6)(c6ccccc6)c6ccccc6)cc(-n6c7ccccc7c7ccccc76)c54)c32)cc1. The summed E-state index contributed by atoms with van der Waals surface area (Å²) in [4.78, 5) is 0. The molecule has 13 aromatic rings.